The van der Waals surface area contributed by atoms with E-state index < -0.39 is 60.0 Å². The molecule has 2 aliphatic rings. The lowest BCUT2D eigenvalue weighted by atomic mass is 9.81. The number of rotatable bonds is 9. The van der Waals surface area contributed by atoms with E-state index in [-0.39, 0.29) is 36.5 Å². The first-order valence-corrected chi connectivity index (χ1v) is 14.4. The van der Waals surface area contributed by atoms with Crippen molar-refractivity contribution < 1.29 is 38.1 Å². The van der Waals surface area contributed by atoms with Crippen LogP contribution in [0.2, 0.25) is 0 Å². The van der Waals surface area contributed by atoms with Gasteiger partial charge in [-0.25, -0.2) is 9.37 Å². The Balaban J connectivity index is 1.73. The number of halogens is 1. The molecule has 2 aromatic heterocycles. The van der Waals surface area contributed by atoms with Gasteiger partial charge in [-0.15, -0.1) is 0 Å². The molecule has 1 aliphatic carbocycles. The minimum absolute atomic E-state index is 0.00280. The van der Waals surface area contributed by atoms with E-state index >= 15 is 4.39 Å². The SMILES string of the molecule is CC(=O)OCC(=O)N[C@H]1CCc2c(C)c(F)cc3nc4c(c1c23)Cn1c-4cc([C@](C)(O)C(=O)NCCN)c(COC(C)=O)c1=O. The molecule has 0 bridgehead atoms. The van der Waals surface area contributed by atoms with E-state index in [0.29, 0.717) is 46.1 Å². The number of hydrogen-bond acceptors (Lipinski definition) is 10. The maximum atomic E-state index is 15.1. The van der Waals surface area contributed by atoms with E-state index in [1.165, 1.54) is 37.5 Å². The summed E-state index contributed by atoms with van der Waals surface area (Å²) < 4.78 is 26.5. The maximum Gasteiger partial charge on any atom is 0.303 e. The molecule has 1 aliphatic heterocycles. The number of carbonyl (C=O) groups excluding carboxylic acids is 4. The highest BCUT2D eigenvalue weighted by Gasteiger charge is 2.40. The molecule has 0 unspecified atom stereocenters. The molecule has 0 radical (unpaired) electrons. The highest BCUT2D eigenvalue weighted by Crippen LogP contribution is 2.45. The third-order valence-corrected chi connectivity index (χ3v) is 8.29. The van der Waals surface area contributed by atoms with Crippen molar-refractivity contribution in [3.05, 3.63) is 61.7 Å². The quantitative estimate of drug-likeness (QED) is 0.195. The first-order valence-electron chi connectivity index (χ1n) is 14.4. The van der Waals surface area contributed by atoms with Crippen LogP contribution in [0, 0.1) is 12.7 Å². The van der Waals surface area contributed by atoms with Gasteiger partial charge in [-0.1, -0.05) is 0 Å². The number of esters is 2. The van der Waals surface area contributed by atoms with Crippen LogP contribution in [0.15, 0.2) is 16.9 Å². The summed E-state index contributed by atoms with van der Waals surface area (Å²) in [6.45, 7) is 4.44. The van der Waals surface area contributed by atoms with E-state index in [1.807, 2.05) is 0 Å². The molecule has 0 saturated carbocycles. The zero-order valence-corrected chi connectivity index (χ0v) is 25.3. The second-order valence-corrected chi connectivity index (χ2v) is 11.4. The number of aromatic nitrogens is 2. The average molecular weight is 624 g/mol. The molecule has 238 valence electrons. The normalized spacial score (nSPS) is 15.9. The van der Waals surface area contributed by atoms with Gasteiger partial charge in [-0.2, -0.15) is 0 Å². The van der Waals surface area contributed by atoms with Gasteiger partial charge in [0.15, 0.2) is 12.2 Å². The Morgan fingerprint density at radius 3 is 2.56 bits per heavy atom. The summed E-state index contributed by atoms with van der Waals surface area (Å²) in [5.74, 6) is -3.09. The lowest BCUT2D eigenvalue weighted by molar-refractivity contribution is -0.146. The van der Waals surface area contributed by atoms with Crippen LogP contribution in [0.3, 0.4) is 0 Å². The van der Waals surface area contributed by atoms with E-state index in [1.54, 1.807) is 6.92 Å². The largest absolute Gasteiger partial charge is 0.461 e. The molecular weight excluding hydrogens is 589 g/mol. The fraction of sp³-hybridized carbons (Fsp3) is 0.419. The predicted octanol–water partition coefficient (Wildman–Crippen LogP) is 0.885. The number of fused-ring (bicyclic) bond motifs is 4. The van der Waals surface area contributed by atoms with Crippen molar-refractivity contribution in [1.29, 1.82) is 0 Å². The molecule has 2 amide bonds. The molecular formula is C31H34FN5O8. The van der Waals surface area contributed by atoms with Crippen molar-refractivity contribution in [2.45, 2.75) is 65.3 Å². The summed E-state index contributed by atoms with van der Waals surface area (Å²) in [5.41, 5.74) is 5.73. The van der Waals surface area contributed by atoms with Crippen molar-refractivity contribution in [3.63, 3.8) is 0 Å². The van der Waals surface area contributed by atoms with E-state index in [0.717, 1.165) is 5.56 Å². The van der Waals surface area contributed by atoms with Gasteiger partial charge < -0.3 is 35.5 Å². The number of ether oxygens (including phenoxy) is 2. The van der Waals surface area contributed by atoms with Gasteiger partial charge >= 0.3 is 11.9 Å². The molecule has 0 fully saturated rings. The molecule has 0 spiro atoms. The monoisotopic (exact) mass is 623 g/mol. The highest BCUT2D eigenvalue weighted by atomic mass is 19.1. The number of amides is 2. The number of nitrogens with two attached hydrogens (primary N) is 1. The van der Waals surface area contributed by atoms with Crippen LogP contribution in [0.5, 0.6) is 0 Å². The first kappa shape index (κ1) is 31.7. The summed E-state index contributed by atoms with van der Waals surface area (Å²) >= 11 is 0. The van der Waals surface area contributed by atoms with Gasteiger partial charge in [0.05, 0.1) is 35.1 Å². The molecule has 1 aromatic carbocycles. The molecule has 0 saturated heterocycles. The van der Waals surface area contributed by atoms with Gasteiger partial charge in [0.25, 0.3) is 17.4 Å². The average Bonchev–Trinajstić information content (AvgIpc) is 3.35. The molecule has 2 atom stereocenters. The second kappa shape index (κ2) is 12.0. The van der Waals surface area contributed by atoms with Crippen LogP contribution in [-0.4, -0.2) is 58.1 Å². The van der Waals surface area contributed by atoms with Gasteiger partial charge in [-0.3, -0.25) is 24.0 Å². The maximum absolute atomic E-state index is 15.1. The minimum Gasteiger partial charge on any atom is -0.461 e. The van der Waals surface area contributed by atoms with Crippen molar-refractivity contribution >= 4 is 34.7 Å². The standard InChI is InChI=1S/C31H34FN5O8/c1-14-17-5-6-22(35-25(40)13-45-16(3)39)27-18-11-37-24(28(18)36-23(26(17)27)10-21(14)32)9-20(19(29(37)41)12-44-15(2)38)31(4,43)30(42)34-8-7-33/h9-10,22,43H,5-8,11-13,33H2,1-4H3,(H,34,42)(H,35,40)/t22-,31-/m0/s1. The molecule has 45 heavy (non-hydrogen) atoms. The molecule has 5 N–H and O–H groups in total. The van der Waals surface area contributed by atoms with Crippen LogP contribution < -0.4 is 21.9 Å². The highest BCUT2D eigenvalue weighted by molar-refractivity contribution is 5.94. The Kier molecular flexibility index (Phi) is 8.47. The number of aryl methyl sites for hydroxylation is 1. The smallest absolute Gasteiger partial charge is 0.303 e. The molecule has 14 heteroatoms. The van der Waals surface area contributed by atoms with Crippen LogP contribution in [0.25, 0.3) is 22.3 Å². The fourth-order valence-corrected chi connectivity index (χ4v) is 6.12. The minimum atomic E-state index is -2.24. The summed E-state index contributed by atoms with van der Waals surface area (Å²) in [6.07, 6.45) is 0.843. The lowest BCUT2D eigenvalue weighted by Crippen LogP contribution is -2.45. The molecule has 13 nitrogen and oxygen atoms in total. The van der Waals surface area contributed by atoms with Gasteiger partial charge in [0, 0.05) is 49.5 Å². The third kappa shape index (κ3) is 5.66. The van der Waals surface area contributed by atoms with Crippen LogP contribution in [0.1, 0.15) is 66.6 Å². The van der Waals surface area contributed by atoms with Crippen molar-refractivity contribution in [3.8, 4) is 11.4 Å². The summed E-state index contributed by atoms with van der Waals surface area (Å²) in [7, 11) is 0. The van der Waals surface area contributed by atoms with Crippen LogP contribution in [-0.2, 0) is 53.8 Å². The fourth-order valence-electron chi connectivity index (χ4n) is 6.12. The Labute approximate surface area is 256 Å². The molecule has 3 aromatic rings. The van der Waals surface area contributed by atoms with Crippen LogP contribution in [0.4, 0.5) is 4.39 Å². The first-order chi connectivity index (χ1) is 21.3. The van der Waals surface area contributed by atoms with Gasteiger partial charge in [0.1, 0.15) is 12.4 Å². The molecule has 5 rings (SSSR count). The Morgan fingerprint density at radius 2 is 1.89 bits per heavy atom. The Hall–Kier alpha value is -4.69. The summed E-state index contributed by atoms with van der Waals surface area (Å²) in [4.78, 5) is 67.6. The van der Waals surface area contributed by atoms with E-state index in [9.17, 15) is 29.1 Å². The van der Waals surface area contributed by atoms with Crippen LogP contribution >= 0.6 is 0 Å². The number of hydrogen-bond donors (Lipinski definition) is 4. The lowest BCUT2D eigenvalue weighted by Gasteiger charge is -2.29. The van der Waals surface area contributed by atoms with Gasteiger partial charge in [-0.05, 0) is 49.4 Å². The summed E-state index contributed by atoms with van der Waals surface area (Å²) in [6, 6.07) is 2.16. The number of aliphatic hydroxyl groups is 1. The van der Waals surface area contributed by atoms with Crippen molar-refractivity contribution in [1.82, 2.24) is 20.2 Å². The zero-order valence-electron chi connectivity index (χ0n) is 25.3. The zero-order chi connectivity index (χ0) is 32.8. The Bertz CT molecular complexity index is 1830. The molecule has 3 heterocycles. The summed E-state index contributed by atoms with van der Waals surface area (Å²) in [5, 5.41) is 17.5. The number of benzene rings is 1. The number of nitrogens with one attached hydrogen (secondary N) is 2. The predicted molar refractivity (Wildman–Crippen MR) is 158 cm³/mol. The van der Waals surface area contributed by atoms with Crippen molar-refractivity contribution in [2.24, 2.45) is 5.73 Å². The van der Waals surface area contributed by atoms with Gasteiger partial charge in [0.2, 0.25) is 0 Å². The van der Waals surface area contributed by atoms with E-state index in [4.69, 9.17) is 20.2 Å². The Morgan fingerprint density at radius 1 is 1.18 bits per heavy atom. The number of carbonyl (C=O) groups is 4. The van der Waals surface area contributed by atoms with E-state index in [2.05, 4.69) is 10.6 Å². The number of pyridine rings is 2. The van der Waals surface area contributed by atoms with Crippen molar-refractivity contribution in [2.75, 3.05) is 19.7 Å². The third-order valence-electron chi connectivity index (χ3n) is 8.29. The number of nitrogens with zero attached hydrogens (tertiary/aromatic N) is 2. The topological polar surface area (TPSA) is 192 Å². The second-order valence-electron chi connectivity index (χ2n) is 11.4.